The lowest BCUT2D eigenvalue weighted by atomic mass is 9.69. The number of halogens is 3. The van der Waals surface area contributed by atoms with Gasteiger partial charge in [-0.1, -0.05) is 19.1 Å². The number of nitrogens with two attached hydrogens (primary N) is 1. The summed E-state index contributed by atoms with van der Waals surface area (Å²) in [5.41, 5.74) is 6.27. The summed E-state index contributed by atoms with van der Waals surface area (Å²) in [6.45, 7) is 0.892. The lowest BCUT2D eigenvalue weighted by Crippen LogP contribution is -2.42. The average Bonchev–Trinajstić information content (AvgIpc) is 2.54. The molecular formula is C18H23F3N2O2. The minimum Gasteiger partial charge on any atom is -0.382 e. The van der Waals surface area contributed by atoms with E-state index in [4.69, 9.17) is 10.5 Å². The van der Waals surface area contributed by atoms with Crippen LogP contribution >= 0.6 is 0 Å². The lowest BCUT2D eigenvalue weighted by Gasteiger charge is -2.44. The topological polar surface area (TPSA) is 64.3 Å². The molecule has 4 nitrogen and oxygen atoms in total. The van der Waals surface area contributed by atoms with Crippen LogP contribution < -0.4 is 11.1 Å². The number of rotatable bonds is 5. The summed E-state index contributed by atoms with van der Waals surface area (Å²) in [5.74, 6) is -0.523. The number of carbonyl (C=O) groups is 1. The maximum absolute atomic E-state index is 12.5. The van der Waals surface area contributed by atoms with Gasteiger partial charge in [0.1, 0.15) is 12.1 Å². The van der Waals surface area contributed by atoms with E-state index < -0.39 is 24.2 Å². The molecule has 25 heavy (non-hydrogen) atoms. The SMILES string of the molecule is COC1(c2cccc(C(N)=O)c2)/C(=C/NCC(F)(F)F)CCCC1C. The number of hydrogen-bond acceptors (Lipinski definition) is 3. The fourth-order valence-electron chi connectivity index (χ4n) is 3.60. The first-order chi connectivity index (χ1) is 11.7. The third kappa shape index (κ3) is 4.15. The Morgan fingerprint density at radius 2 is 2.20 bits per heavy atom. The molecule has 0 heterocycles. The van der Waals surface area contributed by atoms with Crippen LogP contribution in [0, 0.1) is 5.92 Å². The summed E-state index contributed by atoms with van der Waals surface area (Å²) < 4.78 is 43.2. The number of nitrogens with one attached hydrogen (secondary N) is 1. The van der Waals surface area contributed by atoms with Crippen molar-refractivity contribution in [1.29, 1.82) is 0 Å². The minimum absolute atomic E-state index is 0.0355. The average molecular weight is 356 g/mol. The van der Waals surface area contributed by atoms with Crippen molar-refractivity contribution < 1.29 is 22.7 Å². The molecule has 0 aromatic heterocycles. The Kier molecular flexibility index (Phi) is 5.77. The second-order valence-corrected chi connectivity index (χ2v) is 6.34. The third-order valence-corrected chi connectivity index (χ3v) is 4.73. The maximum Gasteiger partial charge on any atom is 0.405 e. The third-order valence-electron chi connectivity index (χ3n) is 4.73. The molecule has 3 N–H and O–H groups in total. The molecule has 1 aromatic carbocycles. The predicted octanol–water partition coefficient (Wildman–Crippen LogP) is 3.48. The van der Waals surface area contributed by atoms with Crippen LogP contribution in [0.1, 0.15) is 42.1 Å². The summed E-state index contributed by atoms with van der Waals surface area (Å²) >= 11 is 0. The Labute approximate surface area is 145 Å². The minimum atomic E-state index is -4.29. The number of amides is 1. The number of alkyl halides is 3. The number of carbonyl (C=O) groups excluding carboxylic acids is 1. The van der Waals surface area contributed by atoms with E-state index in [0.29, 0.717) is 12.0 Å². The van der Waals surface area contributed by atoms with Crippen LogP contribution in [-0.2, 0) is 10.3 Å². The molecule has 7 heteroatoms. The van der Waals surface area contributed by atoms with Gasteiger partial charge in [-0.25, -0.2) is 0 Å². The molecule has 1 amide bonds. The highest BCUT2D eigenvalue weighted by molar-refractivity contribution is 5.93. The monoisotopic (exact) mass is 356 g/mol. The van der Waals surface area contributed by atoms with Gasteiger partial charge in [0.15, 0.2) is 0 Å². The molecule has 1 aromatic rings. The lowest BCUT2D eigenvalue weighted by molar-refractivity contribution is -0.123. The van der Waals surface area contributed by atoms with Gasteiger partial charge in [-0.15, -0.1) is 0 Å². The highest BCUT2D eigenvalue weighted by Gasteiger charge is 2.44. The Bertz CT molecular complexity index is 658. The van der Waals surface area contributed by atoms with Crippen molar-refractivity contribution in [1.82, 2.24) is 5.32 Å². The van der Waals surface area contributed by atoms with E-state index in [1.807, 2.05) is 13.0 Å². The Balaban J connectivity index is 2.45. The standard InChI is InChI=1S/C18H23F3N2O2/c1-12-5-3-8-15(10-23-11-17(19,20)21)18(12,25-2)14-7-4-6-13(9-14)16(22)24/h4,6-7,9-10,12,23H,3,5,8,11H2,1-2H3,(H2,22,24)/b15-10+. The Morgan fingerprint density at radius 3 is 2.80 bits per heavy atom. The van der Waals surface area contributed by atoms with Crippen LogP contribution in [0.2, 0.25) is 0 Å². The van der Waals surface area contributed by atoms with E-state index in [1.165, 1.54) is 13.3 Å². The predicted molar refractivity (Wildman–Crippen MR) is 88.8 cm³/mol. The van der Waals surface area contributed by atoms with Gasteiger partial charge in [-0.2, -0.15) is 13.2 Å². The number of methoxy groups -OCH3 is 1. The summed E-state index contributed by atoms with van der Waals surface area (Å²) in [4.78, 5) is 11.5. The van der Waals surface area contributed by atoms with E-state index in [0.717, 1.165) is 24.0 Å². The summed E-state index contributed by atoms with van der Waals surface area (Å²) in [6, 6.07) is 6.78. The second-order valence-electron chi connectivity index (χ2n) is 6.34. The quantitative estimate of drug-likeness (QED) is 0.849. The van der Waals surface area contributed by atoms with Gasteiger partial charge in [0.05, 0.1) is 0 Å². The molecule has 1 aliphatic carbocycles. The van der Waals surface area contributed by atoms with Gasteiger partial charge in [-0.3, -0.25) is 4.79 Å². The maximum atomic E-state index is 12.5. The molecule has 2 unspecified atom stereocenters. The fourth-order valence-corrected chi connectivity index (χ4v) is 3.60. The first kappa shape index (κ1) is 19.3. The van der Waals surface area contributed by atoms with Gasteiger partial charge < -0.3 is 15.8 Å². The van der Waals surface area contributed by atoms with Crippen molar-refractivity contribution in [2.24, 2.45) is 11.7 Å². The molecule has 0 aliphatic heterocycles. The van der Waals surface area contributed by atoms with Crippen LogP contribution in [0.25, 0.3) is 0 Å². The van der Waals surface area contributed by atoms with Crippen LogP contribution in [0.15, 0.2) is 36.0 Å². The van der Waals surface area contributed by atoms with Crippen molar-refractivity contribution in [2.45, 2.75) is 38.0 Å². The zero-order valence-electron chi connectivity index (χ0n) is 14.3. The van der Waals surface area contributed by atoms with Gasteiger partial charge >= 0.3 is 6.18 Å². The molecular weight excluding hydrogens is 333 g/mol. The first-order valence-electron chi connectivity index (χ1n) is 8.16. The highest BCUT2D eigenvalue weighted by atomic mass is 19.4. The van der Waals surface area contributed by atoms with Crippen LogP contribution in [0.4, 0.5) is 13.2 Å². The number of benzene rings is 1. The zero-order chi connectivity index (χ0) is 18.7. The van der Waals surface area contributed by atoms with E-state index in [1.54, 1.807) is 18.2 Å². The molecule has 1 saturated carbocycles. The van der Waals surface area contributed by atoms with Crippen LogP contribution in [0.5, 0.6) is 0 Å². The zero-order valence-corrected chi connectivity index (χ0v) is 14.3. The summed E-state index contributed by atoms with van der Waals surface area (Å²) in [5, 5.41) is 2.35. The molecule has 2 atom stereocenters. The van der Waals surface area contributed by atoms with Gasteiger partial charge in [0, 0.05) is 12.7 Å². The van der Waals surface area contributed by atoms with E-state index in [-0.39, 0.29) is 5.92 Å². The second kappa shape index (κ2) is 7.47. The Hall–Kier alpha value is -2.02. The number of ether oxygens (including phenoxy) is 1. The highest BCUT2D eigenvalue weighted by Crippen LogP contribution is 2.47. The molecule has 0 radical (unpaired) electrons. The largest absolute Gasteiger partial charge is 0.405 e. The molecule has 0 saturated heterocycles. The van der Waals surface area contributed by atoms with Gasteiger partial charge in [0.2, 0.25) is 5.91 Å². The van der Waals surface area contributed by atoms with Crippen molar-refractivity contribution in [2.75, 3.05) is 13.7 Å². The Morgan fingerprint density at radius 1 is 1.48 bits per heavy atom. The molecule has 1 fully saturated rings. The number of hydrogen-bond donors (Lipinski definition) is 2. The molecule has 2 rings (SSSR count). The van der Waals surface area contributed by atoms with Crippen LogP contribution in [-0.4, -0.2) is 25.7 Å². The van der Waals surface area contributed by atoms with Crippen molar-refractivity contribution in [3.63, 3.8) is 0 Å². The smallest absolute Gasteiger partial charge is 0.382 e. The fraction of sp³-hybridized carbons (Fsp3) is 0.500. The van der Waals surface area contributed by atoms with Crippen molar-refractivity contribution in [3.05, 3.63) is 47.2 Å². The summed E-state index contributed by atoms with van der Waals surface area (Å²) in [7, 11) is 1.54. The normalized spacial score (nSPS) is 25.8. The number of primary amides is 1. The van der Waals surface area contributed by atoms with Crippen molar-refractivity contribution in [3.8, 4) is 0 Å². The molecule has 138 valence electrons. The summed E-state index contributed by atoms with van der Waals surface area (Å²) in [6.07, 6.45) is -0.543. The van der Waals surface area contributed by atoms with E-state index in [2.05, 4.69) is 5.32 Å². The van der Waals surface area contributed by atoms with Crippen molar-refractivity contribution >= 4 is 5.91 Å². The molecule has 1 aliphatic rings. The molecule has 0 bridgehead atoms. The van der Waals surface area contributed by atoms with Crippen LogP contribution in [0.3, 0.4) is 0 Å². The molecule has 0 spiro atoms. The van der Waals surface area contributed by atoms with Gasteiger partial charge in [-0.05, 0) is 54.6 Å². The van der Waals surface area contributed by atoms with Gasteiger partial charge in [0.25, 0.3) is 0 Å². The van der Waals surface area contributed by atoms with E-state index >= 15 is 0 Å². The first-order valence-corrected chi connectivity index (χ1v) is 8.16. The van der Waals surface area contributed by atoms with E-state index in [9.17, 15) is 18.0 Å².